The van der Waals surface area contributed by atoms with Gasteiger partial charge in [-0.05, 0) is 18.8 Å². The molecule has 0 bridgehead atoms. The van der Waals surface area contributed by atoms with E-state index in [2.05, 4.69) is 24.1 Å². The summed E-state index contributed by atoms with van der Waals surface area (Å²) in [7, 11) is 1.67. The summed E-state index contributed by atoms with van der Waals surface area (Å²) in [4.78, 5) is 9.35. The van der Waals surface area contributed by atoms with E-state index in [4.69, 9.17) is 14.5 Å². The normalized spacial score (nSPS) is 16.0. The molecule has 0 unspecified atom stereocenters. The Morgan fingerprint density at radius 1 is 1.18 bits per heavy atom. The lowest BCUT2D eigenvalue weighted by Crippen LogP contribution is -2.15. The molecule has 1 aromatic rings. The number of hydrogen-bond donors (Lipinski definition) is 1. The maximum Gasteiger partial charge on any atom is 0.218 e. The molecule has 0 radical (unpaired) electrons. The second-order valence-electron chi connectivity index (χ2n) is 6.40. The lowest BCUT2D eigenvalue weighted by atomic mass is 9.89. The van der Waals surface area contributed by atoms with Gasteiger partial charge in [0.2, 0.25) is 5.88 Å². The van der Waals surface area contributed by atoms with Crippen LogP contribution in [0.4, 0.5) is 5.82 Å². The molecule has 0 saturated heterocycles. The van der Waals surface area contributed by atoms with Gasteiger partial charge in [0.1, 0.15) is 18.2 Å². The molecular weight excluding hydrogens is 278 g/mol. The molecule has 0 amide bonds. The summed E-state index contributed by atoms with van der Waals surface area (Å²) < 4.78 is 10.7. The van der Waals surface area contributed by atoms with Crippen LogP contribution in [0.1, 0.15) is 57.7 Å². The number of nitrogens with one attached hydrogen (secondary N) is 1. The maximum absolute atomic E-state index is 5.71. The van der Waals surface area contributed by atoms with Crippen molar-refractivity contribution in [3.05, 3.63) is 11.9 Å². The van der Waals surface area contributed by atoms with Crippen molar-refractivity contribution >= 4 is 5.82 Å². The van der Waals surface area contributed by atoms with E-state index in [0.717, 1.165) is 18.2 Å². The summed E-state index contributed by atoms with van der Waals surface area (Å²) in [5, 5.41) is 3.39. The minimum atomic E-state index is 0.472. The molecule has 0 aromatic carbocycles. The third-order valence-electron chi connectivity index (χ3n) is 3.92. The molecule has 1 aliphatic rings. The zero-order valence-corrected chi connectivity index (χ0v) is 14.1. The fourth-order valence-corrected chi connectivity index (χ4v) is 2.69. The van der Waals surface area contributed by atoms with Crippen molar-refractivity contribution in [3.63, 3.8) is 0 Å². The highest BCUT2D eigenvalue weighted by Gasteiger charge is 2.20. The molecule has 1 fully saturated rings. The molecule has 1 aliphatic carbocycles. The quantitative estimate of drug-likeness (QED) is 0.743. The summed E-state index contributed by atoms with van der Waals surface area (Å²) in [6.45, 7) is 6.36. The minimum absolute atomic E-state index is 0.472. The highest BCUT2D eigenvalue weighted by molar-refractivity contribution is 5.39. The second kappa shape index (κ2) is 8.93. The lowest BCUT2D eigenvalue weighted by molar-refractivity contribution is 0.143. The first kappa shape index (κ1) is 17.0. The fraction of sp³-hybridized carbons (Fsp3) is 0.765. The Morgan fingerprint density at radius 2 is 1.95 bits per heavy atom. The number of ether oxygens (including phenoxy) is 2. The van der Waals surface area contributed by atoms with Gasteiger partial charge in [-0.25, -0.2) is 4.98 Å². The Labute approximate surface area is 133 Å². The Kier molecular flexibility index (Phi) is 6.90. The molecule has 1 N–H and O–H groups in total. The van der Waals surface area contributed by atoms with E-state index in [-0.39, 0.29) is 0 Å². The van der Waals surface area contributed by atoms with Gasteiger partial charge in [-0.2, -0.15) is 4.98 Å². The zero-order chi connectivity index (χ0) is 15.8. The number of hydrogen-bond acceptors (Lipinski definition) is 5. The van der Waals surface area contributed by atoms with Gasteiger partial charge in [0.15, 0.2) is 0 Å². The third kappa shape index (κ3) is 5.44. The van der Waals surface area contributed by atoms with Gasteiger partial charge in [0, 0.05) is 25.6 Å². The molecule has 124 valence electrons. The molecule has 1 aromatic heterocycles. The van der Waals surface area contributed by atoms with Crippen molar-refractivity contribution in [3.8, 4) is 5.88 Å². The topological polar surface area (TPSA) is 56.3 Å². The summed E-state index contributed by atoms with van der Waals surface area (Å²) in [6, 6.07) is 1.89. The van der Waals surface area contributed by atoms with Gasteiger partial charge in [-0.3, -0.25) is 0 Å². The molecule has 5 heteroatoms. The molecule has 0 aliphatic heterocycles. The van der Waals surface area contributed by atoms with Gasteiger partial charge < -0.3 is 14.8 Å². The Hall–Kier alpha value is -1.36. The SMILES string of the molecule is COCCOc1cc(NCC(C)C)nc(C2CCCCC2)n1. The average Bonchev–Trinajstić information content (AvgIpc) is 2.54. The zero-order valence-electron chi connectivity index (χ0n) is 14.1. The summed E-state index contributed by atoms with van der Waals surface area (Å²) in [5.41, 5.74) is 0. The standard InChI is InChI=1S/C17H29N3O2/c1-13(2)12-18-15-11-16(22-10-9-21-3)20-17(19-15)14-7-5-4-6-8-14/h11,13-14H,4-10,12H2,1-3H3,(H,18,19,20). The molecule has 22 heavy (non-hydrogen) atoms. The van der Waals surface area contributed by atoms with Crippen LogP contribution in [-0.4, -0.2) is 36.8 Å². The van der Waals surface area contributed by atoms with E-state index < -0.39 is 0 Å². The predicted octanol–water partition coefficient (Wildman–Crippen LogP) is 3.62. The van der Waals surface area contributed by atoms with Crippen LogP contribution < -0.4 is 10.1 Å². The second-order valence-corrected chi connectivity index (χ2v) is 6.40. The van der Waals surface area contributed by atoms with Crippen LogP contribution in [0.15, 0.2) is 6.07 Å². The number of methoxy groups -OCH3 is 1. The van der Waals surface area contributed by atoms with Gasteiger partial charge in [0.05, 0.1) is 6.61 Å². The van der Waals surface area contributed by atoms with Crippen LogP contribution in [-0.2, 0) is 4.74 Å². The first-order valence-electron chi connectivity index (χ1n) is 8.43. The van der Waals surface area contributed by atoms with Crippen molar-refractivity contribution in [2.45, 2.75) is 51.9 Å². The molecule has 2 rings (SSSR count). The van der Waals surface area contributed by atoms with Gasteiger partial charge in [-0.15, -0.1) is 0 Å². The van der Waals surface area contributed by atoms with Crippen molar-refractivity contribution in [1.82, 2.24) is 9.97 Å². The Balaban J connectivity index is 2.11. The van der Waals surface area contributed by atoms with Crippen LogP contribution in [0.5, 0.6) is 5.88 Å². The van der Waals surface area contributed by atoms with Crippen molar-refractivity contribution in [2.75, 3.05) is 32.2 Å². The number of rotatable bonds is 8. The van der Waals surface area contributed by atoms with Crippen LogP contribution in [0.3, 0.4) is 0 Å². The average molecular weight is 307 g/mol. The number of nitrogens with zero attached hydrogens (tertiary/aromatic N) is 2. The minimum Gasteiger partial charge on any atom is -0.475 e. The van der Waals surface area contributed by atoms with Crippen molar-refractivity contribution in [2.24, 2.45) is 5.92 Å². The molecular formula is C17H29N3O2. The molecule has 0 atom stereocenters. The van der Waals surface area contributed by atoms with E-state index in [9.17, 15) is 0 Å². The highest BCUT2D eigenvalue weighted by Crippen LogP contribution is 2.32. The Morgan fingerprint density at radius 3 is 2.64 bits per heavy atom. The molecule has 5 nitrogen and oxygen atoms in total. The molecule has 1 heterocycles. The van der Waals surface area contributed by atoms with Crippen molar-refractivity contribution in [1.29, 1.82) is 0 Å². The Bertz CT molecular complexity index is 446. The van der Waals surface area contributed by atoms with Crippen LogP contribution in [0, 0.1) is 5.92 Å². The van der Waals surface area contributed by atoms with Gasteiger partial charge >= 0.3 is 0 Å². The fourth-order valence-electron chi connectivity index (χ4n) is 2.69. The first-order valence-corrected chi connectivity index (χ1v) is 8.43. The van der Waals surface area contributed by atoms with E-state index >= 15 is 0 Å². The smallest absolute Gasteiger partial charge is 0.218 e. The van der Waals surface area contributed by atoms with E-state index in [1.165, 1.54) is 32.1 Å². The monoisotopic (exact) mass is 307 g/mol. The first-order chi connectivity index (χ1) is 10.7. The predicted molar refractivity (Wildman–Crippen MR) is 88.6 cm³/mol. The number of aromatic nitrogens is 2. The summed E-state index contributed by atoms with van der Waals surface area (Å²) in [6.07, 6.45) is 6.25. The van der Waals surface area contributed by atoms with Gasteiger partial charge in [0.25, 0.3) is 0 Å². The summed E-state index contributed by atoms with van der Waals surface area (Å²) >= 11 is 0. The number of anilines is 1. The van der Waals surface area contributed by atoms with E-state index in [1.807, 2.05) is 6.07 Å². The van der Waals surface area contributed by atoms with E-state index in [1.54, 1.807) is 7.11 Å². The summed E-state index contributed by atoms with van der Waals surface area (Å²) in [5.74, 6) is 3.50. The third-order valence-corrected chi connectivity index (χ3v) is 3.92. The highest BCUT2D eigenvalue weighted by atomic mass is 16.5. The lowest BCUT2D eigenvalue weighted by Gasteiger charge is -2.21. The molecule has 0 spiro atoms. The maximum atomic E-state index is 5.71. The van der Waals surface area contributed by atoms with Crippen LogP contribution in [0.25, 0.3) is 0 Å². The van der Waals surface area contributed by atoms with Crippen LogP contribution >= 0.6 is 0 Å². The largest absolute Gasteiger partial charge is 0.475 e. The van der Waals surface area contributed by atoms with Crippen LogP contribution in [0.2, 0.25) is 0 Å². The van der Waals surface area contributed by atoms with E-state index in [0.29, 0.717) is 30.9 Å². The molecule has 1 saturated carbocycles. The van der Waals surface area contributed by atoms with Crippen molar-refractivity contribution < 1.29 is 9.47 Å². The van der Waals surface area contributed by atoms with Gasteiger partial charge in [-0.1, -0.05) is 33.1 Å².